The topological polar surface area (TPSA) is 92.1 Å². The van der Waals surface area contributed by atoms with Gasteiger partial charge in [-0.1, -0.05) is 6.07 Å². The summed E-state index contributed by atoms with van der Waals surface area (Å²) in [6, 6.07) is 5.75. The molecule has 0 spiro atoms. The number of amides is 1. The molecule has 0 saturated carbocycles. The number of carbonyl (C=O) groups excluding carboxylic acids is 1. The van der Waals surface area contributed by atoms with Crippen molar-refractivity contribution in [1.82, 2.24) is 10.2 Å². The third-order valence-corrected chi connectivity index (χ3v) is 3.97. The van der Waals surface area contributed by atoms with Gasteiger partial charge in [-0.15, -0.1) is 0 Å². The quantitative estimate of drug-likeness (QED) is 0.326. The summed E-state index contributed by atoms with van der Waals surface area (Å²) in [5.41, 5.74) is 2.59. The predicted molar refractivity (Wildman–Crippen MR) is 92.4 cm³/mol. The van der Waals surface area contributed by atoms with Gasteiger partial charge in [0.1, 0.15) is 11.7 Å². The molecule has 1 aromatic rings. The molecule has 0 radical (unpaired) electrons. The van der Waals surface area contributed by atoms with E-state index in [2.05, 4.69) is 23.3 Å². The van der Waals surface area contributed by atoms with Crippen molar-refractivity contribution in [1.29, 1.82) is 10.8 Å². The van der Waals surface area contributed by atoms with Gasteiger partial charge in [0.25, 0.3) is 5.91 Å². The van der Waals surface area contributed by atoms with E-state index in [4.69, 9.17) is 10.8 Å². The van der Waals surface area contributed by atoms with E-state index in [1.165, 1.54) is 4.90 Å². The van der Waals surface area contributed by atoms with Crippen molar-refractivity contribution in [3.05, 3.63) is 29.3 Å². The highest BCUT2D eigenvalue weighted by Gasteiger charge is 2.19. The van der Waals surface area contributed by atoms with E-state index in [9.17, 15) is 4.79 Å². The van der Waals surface area contributed by atoms with Crippen LogP contribution in [-0.4, -0.2) is 41.3 Å². The monoisotopic (exact) mass is 319 g/mol. The number of benzene rings is 1. The number of thiol groups is 1. The Morgan fingerprint density at radius 3 is 2.86 bits per heavy atom. The Labute approximate surface area is 135 Å². The largest absolute Gasteiger partial charge is 0.382 e. The lowest BCUT2D eigenvalue weighted by molar-refractivity contribution is 0.0966. The highest BCUT2D eigenvalue weighted by atomic mass is 32.1. The Morgan fingerprint density at radius 1 is 1.45 bits per heavy atom. The number of fused-ring (bicyclic) bond motifs is 1. The maximum atomic E-state index is 11.7. The number of nitrogens with zero attached hydrogens (tertiary/aromatic N) is 1. The lowest BCUT2D eigenvalue weighted by atomic mass is 10.1. The molecule has 0 bridgehead atoms. The zero-order valence-corrected chi connectivity index (χ0v) is 13.6. The first-order chi connectivity index (χ1) is 10.4. The predicted octanol–water partition coefficient (Wildman–Crippen LogP) is 1.94. The fourth-order valence-electron chi connectivity index (χ4n) is 2.33. The summed E-state index contributed by atoms with van der Waals surface area (Å²) in [4.78, 5) is 13.2. The van der Waals surface area contributed by atoms with Gasteiger partial charge in [-0.25, -0.2) is 0 Å². The highest BCUT2D eigenvalue weighted by Crippen LogP contribution is 2.21. The average molecular weight is 319 g/mol. The van der Waals surface area contributed by atoms with Crippen molar-refractivity contribution < 1.29 is 4.79 Å². The molecule has 1 aliphatic rings. The second-order valence-electron chi connectivity index (χ2n) is 5.41. The van der Waals surface area contributed by atoms with Crippen LogP contribution in [0.1, 0.15) is 29.3 Å². The summed E-state index contributed by atoms with van der Waals surface area (Å²) in [6.07, 6.45) is 0.482. The summed E-state index contributed by atoms with van der Waals surface area (Å²) in [5.74, 6) is 0.925. The van der Waals surface area contributed by atoms with Gasteiger partial charge >= 0.3 is 0 Å². The van der Waals surface area contributed by atoms with Crippen LogP contribution < -0.4 is 10.6 Å². The van der Waals surface area contributed by atoms with Crippen molar-refractivity contribution in [3.63, 3.8) is 0 Å². The fourth-order valence-corrected chi connectivity index (χ4v) is 2.55. The van der Waals surface area contributed by atoms with Gasteiger partial charge in [0.15, 0.2) is 0 Å². The smallest absolute Gasteiger partial charge is 0.251 e. The van der Waals surface area contributed by atoms with E-state index in [0.717, 1.165) is 11.3 Å². The number of carbonyl (C=O) groups is 1. The molecular formula is C15H21N5OS. The normalized spacial score (nSPS) is 14.0. The van der Waals surface area contributed by atoms with Gasteiger partial charge < -0.3 is 15.5 Å². The highest BCUT2D eigenvalue weighted by molar-refractivity contribution is 7.81. The van der Waals surface area contributed by atoms with Gasteiger partial charge in [-0.3, -0.25) is 15.6 Å². The Bertz CT molecular complexity index is 616. The number of amidine groups is 2. The minimum Gasteiger partial charge on any atom is -0.382 e. The van der Waals surface area contributed by atoms with Crippen LogP contribution in [0.25, 0.3) is 0 Å². The molecule has 1 unspecified atom stereocenters. The molecule has 1 heterocycles. The maximum absolute atomic E-state index is 11.7. The first kappa shape index (κ1) is 16.4. The van der Waals surface area contributed by atoms with E-state index in [-0.39, 0.29) is 11.9 Å². The second-order valence-corrected chi connectivity index (χ2v) is 5.73. The molecule has 0 fully saturated rings. The Kier molecular flexibility index (Phi) is 5.07. The SMILES string of the molecule is CC(CC(=N)N(C)C(=N)CS)Nc1ccc2c(c1)C(=O)NC2. The molecule has 0 saturated heterocycles. The summed E-state index contributed by atoms with van der Waals surface area (Å²) in [6.45, 7) is 2.56. The van der Waals surface area contributed by atoms with E-state index in [1.807, 2.05) is 25.1 Å². The van der Waals surface area contributed by atoms with Crippen molar-refractivity contribution in [2.45, 2.75) is 25.9 Å². The molecule has 0 aliphatic carbocycles. The lowest BCUT2D eigenvalue weighted by Gasteiger charge is -2.23. The third kappa shape index (κ3) is 3.59. The molecule has 1 aliphatic heterocycles. The second kappa shape index (κ2) is 6.83. The van der Waals surface area contributed by atoms with Crippen LogP contribution in [0.4, 0.5) is 5.69 Å². The summed E-state index contributed by atoms with van der Waals surface area (Å²) < 4.78 is 0. The van der Waals surface area contributed by atoms with Crippen LogP contribution in [0.5, 0.6) is 0 Å². The van der Waals surface area contributed by atoms with Crippen molar-refractivity contribution in [2.75, 3.05) is 18.1 Å². The summed E-state index contributed by atoms with van der Waals surface area (Å²) in [7, 11) is 1.70. The number of nitrogens with one attached hydrogen (secondary N) is 4. The van der Waals surface area contributed by atoms with Gasteiger partial charge in [-0.2, -0.15) is 12.6 Å². The zero-order valence-electron chi connectivity index (χ0n) is 12.7. The molecule has 4 N–H and O–H groups in total. The molecule has 22 heavy (non-hydrogen) atoms. The zero-order chi connectivity index (χ0) is 16.3. The molecule has 0 aromatic heterocycles. The van der Waals surface area contributed by atoms with Gasteiger partial charge in [0, 0.05) is 43.1 Å². The maximum Gasteiger partial charge on any atom is 0.251 e. The van der Waals surface area contributed by atoms with E-state index in [1.54, 1.807) is 7.05 Å². The van der Waals surface area contributed by atoms with E-state index in [0.29, 0.717) is 36.0 Å². The lowest BCUT2D eigenvalue weighted by Crippen LogP contribution is -2.36. The summed E-state index contributed by atoms with van der Waals surface area (Å²) >= 11 is 4.05. The van der Waals surface area contributed by atoms with E-state index < -0.39 is 0 Å². The molecule has 118 valence electrons. The van der Waals surface area contributed by atoms with Gasteiger partial charge in [-0.05, 0) is 24.6 Å². The van der Waals surface area contributed by atoms with E-state index >= 15 is 0 Å². The average Bonchev–Trinajstić information content (AvgIpc) is 2.86. The molecule has 2 rings (SSSR count). The van der Waals surface area contributed by atoms with Crippen molar-refractivity contribution in [3.8, 4) is 0 Å². The standard InChI is InChI=1S/C15H21N5OS/c1-9(5-13(16)20(2)14(17)8-22)19-11-4-3-10-7-18-15(21)12(10)6-11/h3-4,6,9,16-17,19,22H,5,7-8H2,1-2H3,(H,18,21). The van der Waals surface area contributed by atoms with Crippen LogP contribution in [0.2, 0.25) is 0 Å². The minimum absolute atomic E-state index is 0.0187. The molecular weight excluding hydrogens is 298 g/mol. The van der Waals surface area contributed by atoms with Crippen LogP contribution in [0, 0.1) is 10.8 Å². The van der Waals surface area contributed by atoms with Crippen LogP contribution in [0.15, 0.2) is 18.2 Å². The van der Waals surface area contributed by atoms with Crippen LogP contribution in [0.3, 0.4) is 0 Å². The minimum atomic E-state index is -0.0407. The number of rotatable bonds is 5. The van der Waals surface area contributed by atoms with Crippen molar-refractivity contribution in [2.24, 2.45) is 0 Å². The fraction of sp³-hybridized carbons (Fsp3) is 0.400. The molecule has 1 amide bonds. The molecule has 7 heteroatoms. The van der Waals surface area contributed by atoms with Crippen molar-refractivity contribution >= 4 is 35.9 Å². The Hall–Kier alpha value is -2.02. The molecule has 1 atom stereocenters. The number of hydrogen-bond donors (Lipinski definition) is 5. The third-order valence-electron chi connectivity index (χ3n) is 3.67. The first-order valence-electron chi connectivity index (χ1n) is 7.09. The molecule has 1 aromatic carbocycles. The number of hydrogen-bond acceptors (Lipinski definition) is 5. The number of anilines is 1. The Balaban J connectivity index is 1.96. The molecule has 6 nitrogen and oxygen atoms in total. The summed E-state index contributed by atoms with van der Waals surface area (Å²) in [5, 5.41) is 21.8. The first-order valence-corrected chi connectivity index (χ1v) is 7.72. The van der Waals surface area contributed by atoms with Gasteiger partial charge in [0.2, 0.25) is 0 Å². The van der Waals surface area contributed by atoms with Crippen LogP contribution >= 0.6 is 12.6 Å². The Morgan fingerprint density at radius 2 is 2.18 bits per heavy atom. The van der Waals surface area contributed by atoms with Crippen LogP contribution in [-0.2, 0) is 6.54 Å². The van der Waals surface area contributed by atoms with Gasteiger partial charge in [0.05, 0.1) is 0 Å².